The molecule has 0 aliphatic carbocycles. The lowest BCUT2D eigenvalue weighted by molar-refractivity contribution is -0.151. The van der Waals surface area contributed by atoms with Gasteiger partial charge in [-0.25, -0.2) is 0 Å². The molecule has 0 aliphatic heterocycles. The molecule has 35 heavy (non-hydrogen) atoms. The number of carbonyl (C=O) groups excluding carboxylic acids is 1. The van der Waals surface area contributed by atoms with Gasteiger partial charge in [0.1, 0.15) is 0 Å². The topological polar surface area (TPSA) is 63.6 Å². The van der Waals surface area contributed by atoms with Crippen molar-refractivity contribution in [3.63, 3.8) is 0 Å². The molecule has 206 valence electrons. The Balaban J connectivity index is 3.37. The number of ether oxygens (including phenoxy) is 1. The van der Waals surface area contributed by atoms with Gasteiger partial charge in [0.05, 0.1) is 18.9 Å². The van der Waals surface area contributed by atoms with Crippen LogP contribution in [0.4, 0.5) is 0 Å². The van der Waals surface area contributed by atoms with Gasteiger partial charge >= 0.3 is 11.9 Å². The molecule has 0 aromatic carbocycles. The molecule has 0 spiro atoms. The fraction of sp³-hybridized carbons (Fsp3) is 0.871. The van der Waals surface area contributed by atoms with Crippen molar-refractivity contribution in [2.24, 2.45) is 5.92 Å². The number of allylic oxidation sites excluding steroid dienone is 2. The van der Waals surface area contributed by atoms with Gasteiger partial charge in [-0.15, -0.1) is 0 Å². The summed E-state index contributed by atoms with van der Waals surface area (Å²) < 4.78 is 5.02. The summed E-state index contributed by atoms with van der Waals surface area (Å²) in [5.74, 6) is -1.85. The first-order valence-corrected chi connectivity index (χ1v) is 15.1. The summed E-state index contributed by atoms with van der Waals surface area (Å²) in [4.78, 5) is 23.0. The van der Waals surface area contributed by atoms with Gasteiger partial charge in [-0.3, -0.25) is 9.59 Å². The molecule has 0 aromatic rings. The first-order chi connectivity index (χ1) is 17.1. The fourth-order valence-corrected chi connectivity index (χ4v) is 4.49. The number of carboxylic acids is 1. The summed E-state index contributed by atoms with van der Waals surface area (Å²) in [6, 6.07) is 0. The average molecular weight is 495 g/mol. The van der Waals surface area contributed by atoms with Gasteiger partial charge in [0.25, 0.3) is 0 Å². The lowest BCUT2D eigenvalue weighted by Gasteiger charge is -2.11. The van der Waals surface area contributed by atoms with Crippen molar-refractivity contribution in [1.82, 2.24) is 0 Å². The zero-order valence-corrected chi connectivity index (χ0v) is 23.4. The van der Waals surface area contributed by atoms with E-state index in [-0.39, 0.29) is 12.4 Å². The molecule has 0 saturated carbocycles. The van der Waals surface area contributed by atoms with Gasteiger partial charge in [-0.05, 0) is 38.5 Å². The van der Waals surface area contributed by atoms with Crippen molar-refractivity contribution in [3.8, 4) is 0 Å². The Labute approximate surface area is 217 Å². The second kappa shape index (κ2) is 27.3. The standard InChI is InChI=1S/C31H58O4/c1-3-5-6-7-8-9-10-11-12-13-14-15-16-17-18-19-20-21-22-23-24-25-26-29(31(33)34)28-30(32)35-27-4-2/h12-13,29H,3-11,14-28H2,1-2H3,(H,33,34)/b13-12+. The molecule has 0 rings (SSSR count). The van der Waals surface area contributed by atoms with Crippen molar-refractivity contribution < 1.29 is 19.4 Å². The van der Waals surface area contributed by atoms with Crippen LogP contribution in [0.15, 0.2) is 12.2 Å². The van der Waals surface area contributed by atoms with Crippen molar-refractivity contribution in [3.05, 3.63) is 12.2 Å². The molecule has 0 aromatic heterocycles. The molecule has 0 heterocycles. The number of carboxylic acid groups (broad SMARTS) is 1. The number of hydrogen-bond donors (Lipinski definition) is 1. The number of carbonyl (C=O) groups is 2. The summed E-state index contributed by atoms with van der Waals surface area (Å²) in [7, 11) is 0. The van der Waals surface area contributed by atoms with E-state index in [0.29, 0.717) is 13.0 Å². The molecule has 0 fully saturated rings. The normalized spacial score (nSPS) is 12.3. The van der Waals surface area contributed by atoms with Crippen LogP contribution in [-0.4, -0.2) is 23.7 Å². The maximum absolute atomic E-state index is 11.7. The lowest BCUT2D eigenvalue weighted by atomic mass is 9.97. The Morgan fingerprint density at radius 1 is 0.629 bits per heavy atom. The Hall–Kier alpha value is -1.32. The molecule has 0 bridgehead atoms. The number of unbranched alkanes of at least 4 members (excludes halogenated alkanes) is 18. The van der Waals surface area contributed by atoms with Crippen LogP contribution in [0.25, 0.3) is 0 Å². The molecule has 0 amide bonds. The van der Waals surface area contributed by atoms with E-state index in [4.69, 9.17) is 4.74 Å². The highest BCUT2D eigenvalue weighted by Gasteiger charge is 2.21. The van der Waals surface area contributed by atoms with Crippen LogP contribution in [0.3, 0.4) is 0 Å². The molecule has 1 unspecified atom stereocenters. The van der Waals surface area contributed by atoms with Gasteiger partial charge in [0, 0.05) is 0 Å². The Kier molecular flexibility index (Phi) is 26.2. The van der Waals surface area contributed by atoms with Crippen molar-refractivity contribution in [2.75, 3.05) is 6.61 Å². The van der Waals surface area contributed by atoms with Crippen LogP contribution in [0.2, 0.25) is 0 Å². The predicted molar refractivity (Wildman–Crippen MR) is 149 cm³/mol. The molecule has 1 atom stereocenters. The summed E-state index contributed by atoms with van der Waals surface area (Å²) in [6.45, 7) is 4.58. The number of hydrogen-bond acceptors (Lipinski definition) is 3. The maximum Gasteiger partial charge on any atom is 0.307 e. The first-order valence-electron chi connectivity index (χ1n) is 15.1. The fourth-order valence-electron chi connectivity index (χ4n) is 4.49. The maximum atomic E-state index is 11.7. The van der Waals surface area contributed by atoms with E-state index in [0.717, 1.165) is 25.7 Å². The number of aliphatic carboxylic acids is 1. The lowest BCUT2D eigenvalue weighted by Crippen LogP contribution is -2.19. The van der Waals surface area contributed by atoms with E-state index in [1.54, 1.807) is 0 Å². The van der Waals surface area contributed by atoms with Crippen LogP contribution in [0, 0.1) is 5.92 Å². The molecule has 1 N–H and O–H groups in total. The van der Waals surface area contributed by atoms with E-state index in [1.807, 2.05) is 6.92 Å². The van der Waals surface area contributed by atoms with E-state index in [2.05, 4.69) is 19.1 Å². The second-order valence-electron chi connectivity index (χ2n) is 10.3. The number of esters is 1. The zero-order valence-electron chi connectivity index (χ0n) is 23.4. The SMILES string of the molecule is CCCCCCCCC/C=C/CCCCCCCCCCCCCC(CC(=O)OCCC)C(=O)O. The molecule has 4 heteroatoms. The van der Waals surface area contributed by atoms with Gasteiger partial charge < -0.3 is 9.84 Å². The molecule has 4 nitrogen and oxygen atoms in total. The smallest absolute Gasteiger partial charge is 0.307 e. The highest BCUT2D eigenvalue weighted by Crippen LogP contribution is 2.17. The van der Waals surface area contributed by atoms with E-state index < -0.39 is 11.9 Å². The van der Waals surface area contributed by atoms with Gasteiger partial charge in [-0.2, -0.15) is 0 Å². The molecular weight excluding hydrogens is 436 g/mol. The highest BCUT2D eigenvalue weighted by atomic mass is 16.5. The van der Waals surface area contributed by atoms with Crippen molar-refractivity contribution in [2.45, 2.75) is 162 Å². The van der Waals surface area contributed by atoms with Crippen LogP contribution in [0.1, 0.15) is 162 Å². The second-order valence-corrected chi connectivity index (χ2v) is 10.3. The van der Waals surface area contributed by atoms with E-state index >= 15 is 0 Å². The molecular formula is C31H58O4. The van der Waals surface area contributed by atoms with Gasteiger partial charge in [0.15, 0.2) is 0 Å². The zero-order chi connectivity index (χ0) is 25.8. The molecule has 0 radical (unpaired) electrons. The van der Waals surface area contributed by atoms with Gasteiger partial charge in [0.2, 0.25) is 0 Å². The highest BCUT2D eigenvalue weighted by molar-refractivity contribution is 5.78. The Bertz CT molecular complexity index is 500. The third-order valence-corrected chi connectivity index (χ3v) is 6.79. The van der Waals surface area contributed by atoms with Crippen LogP contribution < -0.4 is 0 Å². The van der Waals surface area contributed by atoms with Crippen LogP contribution in [0.5, 0.6) is 0 Å². The Morgan fingerprint density at radius 2 is 1.06 bits per heavy atom. The summed E-state index contributed by atoms with van der Waals surface area (Å²) >= 11 is 0. The van der Waals surface area contributed by atoms with E-state index in [1.165, 1.54) is 109 Å². The Morgan fingerprint density at radius 3 is 1.49 bits per heavy atom. The monoisotopic (exact) mass is 494 g/mol. The first kappa shape index (κ1) is 33.7. The van der Waals surface area contributed by atoms with Crippen LogP contribution in [-0.2, 0) is 14.3 Å². The minimum absolute atomic E-state index is 0.00484. The quantitative estimate of drug-likeness (QED) is 0.0701. The third kappa shape index (κ3) is 25.6. The molecule has 0 aliphatic rings. The summed E-state index contributed by atoms with van der Waals surface area (Å²) in [5.41, 5.74) is 0. The van der Waals surface area contributed by atoms with Crippen molar-refractivity contribution in [1.29, 1.82) is 0 Å². The van der Waals surface area contributed by atoms with E-state index in [9.17, 15) is 14.7 Å². The van der Waals surface area contributed by atoms with Crippen LogP contribution >= 0.6 is 0 Å². The van der Waals surface area contributed by atoms with Gasteiger partial charge in [-0.1, -0.05) is 129 Å². The number of rotatable bonds is 27. The minimum Gasteiger partial charge on any atom is -0.481 e. The summed E-state index contributed by atoms with van der Waals surface area (Å²) in [5, 5.41) is 9.31. The predicted octanol–water partition coefficient (Wildman–Crippen LogP) is 9.80. The average Bonchev–Trinajstić information content (AvgIpc) is 2.84. The largest absolute Gasteiger partial charge is 0.481 e. The molecule has 0 saturated heterocycles. The minimum atomic E-state index is -0.877. The third-order valence-electron chi connectivity index (χ3n) is 6.79. The van der Waals surface area contributed by atoms with Crippen molar-refractivity contribution >= 4 is 11.9 Å². The summed E-state index contributed by atoms with van der Waals surface area (Å²) in [6.07, 6.45) is 32.1.